The maximum absolute atomic E-state index is 9.99. The lowest BCUT2D eigenvalue weighted by Crippen LogP contribution is -2.26. The molecule has 21 heavy (non-hydrogen) atoms. The first kappa shape index (κ1) is 16.3. The Morgan fingerprint density at radius 1 is 1.29 bits per heavy atom. The molecule has 0 aromatic heterocycles. The van der Waals surface area contributed by atoms with Crippen LogP contribution in [-0.4, -0.2) is 24.9 Å². The third kappa shape index (κ3) is 4.72. The second-order valence-corrected chi connectivity index (χ2v) is 6.17. The van der Waals surface area contributed by atoms with E-state index in [9.17, 15) is 5.11 Å². The van der Waals surface area contributed by atoms with Crippen molar-refractivity contribution < 1.29 is 9.84 Å². The van der Waals surface area contributed by atoms with Crippen LogP contribution in [0.15, 0.2) is 24.3 Å². The predicted octanol–water partition coefficient (Wildman–Crippen LogP) is 3.68. The zero-order valence-electron chi connectivity index (χ0n) is 13.3. The molecule has 3 unspecified atom stereocenters. The van der Waals surface area contributed by atoms with Crippen molar-refractivity contribution in [2.24, 2.45) is 5.92 Å². The summed E-state index contributed by atoms with van der Waals surface area (Å²) in [5.41, 5.74) is 1.21. The van der Waals surface area contributed by atoms with Crippen molar-refractivity contribution in [1.82, 2.24) is 5.32 Å². The number of nitrogens with one attached hydrogen (secondary N) is 1. The minimum absolute atomic E-state index is 0.0645. The SMILES string of the molecule is COc1ccccc1C(C)NCCCC1CCCCC1O. The lowest BCUT2D eigenvalue weighted by molar-refractivity contribution is 0.0642. The standard InChI is InChI=1S/C18H29NO2/c1-14(16-10-4-6-12-18(16)21-2)19-13-7-9-15-8-3-5-11-17(15)20/h4,6,10,12,14-15,17,19-20H,3,5,7-9,11,13H2,1-2H3. The predicted molar refractivity (Wildman–Crippen MR) is 86.6 cm³/mol. The Morgan fingerprint density at radius 2 is 2.05 bits per heavy atom. The normalized spacial score (nSPS) is 23.8. The van der Waals surface area contributed by atoms with Gasteiger partial charge in [0, 0.05) is 11.6 Å². The average Bonchev–Trinajstić information content (AvgIpc) is 2.52. The highest BCUT2D eigenvalue weighted by Gasteiger charge is 2.22. The Hall–Kier alpha value is -1.06. The van der Waals surface area contributed by atoms with Crippen LogP contribution in [0.2, 0.25) is 0 Å². The van der Waals surface area contributed by atoms with E-state index in [1.165, 1.54) is 24.8 Å². The quantitative estimate of drug-likeness (QED) is 0.753. The van der Waals surface area contributed by atoms with Gasteiger partial charge in [-0.15, -0.1) is 0 Å². The average molecular weight is 291 g/mol. The van der Waals surface area contributed by atoms with Gasteiger partial charge in [-0.3, -0.25) is 0 Å². The number of rotatable bonds is 7. The van der Waals surface area contributed by atoms with Crippen molar-refractivity contribution in [2.75, 3.05) is 13.7 Å². The van der Waals surface area contributed by atoms with Gasteiger partial charge in [-0.25, -0.2) is 0 Å². The molecule has 1 aromatic rings. The topological polar surface area (TPSA) is 41.5 Å². The second kappa shape index (κ2) is 8.40. The van der Waals surface area contributed by atoms with Crippen LogP contribution in [0.3, 0.4) is 0 Å². The molecule has 1 aromatic carbocycles. The Labute approximate surface area is 128 Å². The maximum atomic E-state index is 9.99. The molecule has 2 rings (SSSR count). The number of benzene rings is 1. The van der Waals surface area contributed by atoms with Crippen molar-refractivity contribution in [3.63, 3.8) is 0 Å². The molecule has 1 fully saturated rings. The summed E-state index contributed by atoms with van der Waals surface area (Å²) in [7, 11) is 1.72. The van der Waals surface area contributed by atoms with Crippen LogP contribution in [0.5, 0.6) is 5.75 Å². The van der Waals surface area contributed by atoms with Crippen LogP contribution >= 0.6 is 0 Å². The fraction of sp³-hybridized carbons (Fsp3) is 0.667. The van der Waals surface area contributed by atoms with Crippen LogP contribution in [0, 0.1) is 5.92 Å². The third-order valence-electron chi connectivity index (χ3n) is 4.68. The molecule has 0 amide bonds. The van der Waals surface area contributed by atoms with Gasteiger partial charge < -0.3 is 15.2 Å². The molecular formula is C18H29NO2. The van der Waals surface area contributed by atoms with Gasteiger partial charge in [0.1, 0.15) is 5.75 Å². The van der Waals surface area contributed by atoms with Gasteiger partial charge in [-0.05, 0) is 51.1 Å². The summed E-state index contributed by atoms with van der Waals surface area (Å²) in [5, 5.41) is 13.6. The van der Waals surface area contributed by atoms with E-state index in [1.54, 1.807) is 7.11 Å². The molecule has 1 saturated carbocycles. The van der Waals surface area contributed by atoms with E-state index in [4.69, 9.17) is 4.74 Å². The first-order chi connectivity index (χ1) is 10.2. The molecule has 2 N–H and O–H groups in total. The molecule has 118 valence electrons. The largest absolute Gasteiger partial charge is 0.496 e. The molecule has 0 bridgehead atoms. The van der Waals surface area contributed by atoms with Gasteiger partial charge in [0.05, 0.1) is 13.2 Å². The van der Waals surface area contributed by atoms with Crippen molar-refractivity contribution in [1.29, 1.82) is 0 Å². The highest BCUT2D eigenvalue weighted by molar-refractivity contribution is 5.35. The van der Waals surface area contributed by atoms with E-state index in [1.807, 2.05) is 12.1 Å². The summed E-state index contributed by atoms with van der Waals surface area (Å²) in [4.78, 5) is 0. The van der Waals surface area contributed by atoms with E-state index in [0.717, 1.165) is 31.6 Å². The van der Waals surface area contributed by atoms with Gasteiger partial charge in [-0.2, -0.15) is 0 Å². The third-order valence-corrected chi connectivity index (χ3v) is 4.68. The number of para-hydroxylation sites is 1. The molecule has 3 atom stereocenters. The lowest BCUT2D eigenvalue weighted by atomic mass is 9.83. The Balaban J connectivity index is 1.72. The molecule has 1 aliphatic rings. The summed E-state index contributed by atoms with van der Waals surface area (Å²) in [6.45, 7) is 3.16. The number of hydrogen-bond acceptors (Lipinski definition) is 3. The van der Waals surface area contributed by atoms with Gasteiger partial charge in [-0.1, -0.05) is 31.0 Å². The molecule has 3 heteroatoms. The van der Waals surface area contributed by atoms with E-state index in [-0.39, 0.29) is 12.1 Å². The Kier molecular flexibility index (Phi) is 6.52. The van der Waals surface area contributed by atoms with Crippen LogP contribution in [0.4, 0.5) is 0 Å². The van der Waals surface area contributed by atoms with E-state index >= 15 is 0 Å². The summed E-state index contributed by atoms with van der Waals surface area (Å²) >= 11 is 0. The van der Waals surface area contributed by atoms with Crippen LogP contribution in [-0.2, 0) is 0 Å². The minimum Gasteiger partial charge on any atom is -0.496 e. The number of methoxy groups -OCH3 is 1. The van der Waals surface area contributed by atoms with E-state index in [0.29, 0.717) is 5.92 Å². The van der Waals surface area contributed by atoms with Crippen molar-refractivity contribution in [2.45, 2.75) is 57.6 Å². The summed E-state index contributed by atoms with van der Waals surface area (Å²) < 4.78 is 5.41. The van der Waals surface area contributed by atoms with Crippen molar-refractivity contribution in [3.8, 4) is 5.75 Å². The van der Waals surface area contributed by atoms with Crippen LogP contribution < -0.4 is 10.1 Å². The number of ether oxygens (including phenoxy) is 1. The summed E-state index contributed by atoms with van der Waals surface area (Å²) in [6.07, 6.45) is 6.87. The molecule has 0 saturated heterocycles. The second-order valence-electron chi connectivity index (χ2n) is 6.17. The molecular weight excluding hydrogens is 262 g/mol. The molecule has 1 aliphatic carbocycles. The highest BCUT2D eigenvalue weighted by Crippen LogP contribution is 2.28. The fourth-order valence-corrected chi connectivity index (χ4v) is 3.34. The van der Waals surface area contributed by atoms with E-state index in [2.05, 4.69) is 24.4 Å². The fourth-order valence-electron chi connectivity index (χ4n) is 3.34. The number of hydrogen-bond donors (Lipinski definition) is 2. The first-order valence-corrected chi connectivity index (χ1v) is 8.26. The maximum Gasteiger partial charge on any atom is 0.123 e. The van der Waals surface area contributed by atoms with Gasteiger partial charge in [0.15, 0.2) is 0 Å². The zero-order valence-corrected chi connectivity index (χ0v) is 13.3. The van der Waals surface area contributed by atoms with Gasteiger partial charge in [0.2, 0.25) is 0 Å². The highest BCUT2D eigenvalue weighted by atomic mass is 16.5. The zero-order chi connectivity index (χ0) is 15.1. The minimum atomic E-state index is -0.0645. The number of aliphatic hydroxyl groups excluding tert-OH is 1. The van der Waals surface area contributed by atoms with Crippen molar-refractivity contribution in [3.05, 3.63) is 29.8 Å². The molecule has 0 heterocycles. The van der Waals surface area contributed by atoms with Crippen molar-refractivity contribution >= 4 is 0 Å². The Morgan fingerprint density at radius 3 is 2.81 bits per heavy atom. The molecule has 3 nitrogen and oxygen atoms in total. The van der Waals surface area contributed by atoms with Gasteiger partial charge >= 0.3 is 0 Å². The van der Waals surface area contributed by atoms with Crippen LogP contribution in [0.1, 0.15) is 57.1 Å². The summed E-state index contributed by atoms with van der Waals surface area (Å²) in [6, 6.07) is 8.46. The smallest absolute Gasteiger partial charge is 0.123 e. The first-order valence-electron chi connectivity index (χ1n) is 8.26. The molecule has 0 aliphatic heterocycles. The summed E-state index contributed by atoms with van der Waals surface area (Å²) in [5.74, 6) is 1.46. The number of aliphatic hydroxyl groups is 1. The van der Waals surface area contributed by atoms with Crippen LogP contribution in [0.25, 0.3) is 0 Å². The van der Waals surface area contributed by atoms with E-state index < -0.39 is 0 Å². The lowest BCUT2D eigenvalue weighted by Gasteiger charge is -2.27. The molecule has 0 spiro atoms. The van der Waals surface area contributed by atoms with Gasteiger partial charge in [0.25, 0.3) is 0 Å². The molecule has 0 radical (unpaired) electrons. The monoisotopic (exact) mass is 291 g/mol. The Bertz CT molecular complexity index is 421.